The Morgan fingerprint density at radius 2 is 1.26 bits per heavy atom. The van der Waals surface area contributed by atoms with Gasteiger partial charge in [0.2, 0.25) is 0 Å². The van der Waals surface area contributed by atoms with Crippen LogP contribution in [0, 0.1) is 0 Å². The van der Waals surface area contributed by atoms with Crippen LogP contribution >= 0.6 is 23.2 Å². The van der Waals surface area contributed by atoms with E-state index in [4.69, 9.17) is 33.2 Å². The predicted octanol–water partition coefficient (Wildman–Crippen LogP) is 4.87. The minimum absolute atomic E-state index is 0.703. The van der Waals surface area contributed by atoms with Crippen molar-refractivity contribution in [2.45, 2.75) is 0 Å². The first-order valence-electron chi connectivity index (χ1n) is 8.92. The molecule has 1 fully saturated rings. The van der Waals surface area contributed by atoms with E-state index in [1.54, 1.807) is 0 Å². The van der Waals surface area contributed by atoms with E-state index < -0.39 is 0 Å². The number of rotatable bonds is 3. The van der Waals surface area contributed by atoms with Crippen LogP contribution in [0.15, 0.2) is 54.7 Å². The van der Waals surface area contributed by atoms with Crippen LogP contribution in [0.25, 0.3) is 22.5 Å². The van der Waals surface area contributed by atoms with Crippen molar-refractivity contribution in [3.63, 3.8) is 0 Å². The van der Waals surface area contributed by atoms with Gasteiger partial charge in [0, 0.05) is 47.4 Å². The number of piperazine rings is 1. The van der Waals surface area contributed by atoms with Gasteiger partial charge in [-0.3, -0.25) is 4.98 Å². The molecule has 1 aliphatic heterocycles. The highest BCUT2D eigenvalue weighted by Gasteiger charge is 2.19. The number of hydrogen-bond acceptors (Lipinski definition) is 4. The lowest BCUT2D eigenvalue weighted by molar-refractivity contribution is 0.312. The summed E-state index contributed by atoms with van der Waals surface area (Å²) >= 11 is 12.1. The monoisotopic (exact) mass is 398 g/mol. The van der Waals surface area contributed by atoms with E-state index in [0.29, 0.717) is 10.0 Å². The van der Waals surface area contributed by atoms with Crippen LogP contribution in [0.1, 0.15) is 0 Å². The molecular weight excluding hydrogens is 379 g/mol. The maximum Gasteiger partial charge on any atom is 0.147 e. The maximum absolute atomic E-state index is 6.08. The third-order valence-electron chi connectivity index (χ3n) is 4.82. The van der Waals surface area contributed by atoms with Crippen molar-refractivity contribution >= 4 is 29.0 Å². The summed E-state index contributed by atoms with van der Waals surface area (Å²) in [4.78, 5) is 14.4. The van der Waals surface area contributed by atoms with Gasteiger partial charge in [0.25, 0.3) is 0 Å². The SMILES string of the molecule is CN1CCN(c2cnc(-c3ccc(Cl)cc3)c(-c3ccc(Cl)cc3)n2)CC1. The fourth-order valence-corrected chi connectivity index (χ4v) is 3.45. The molecule has 3 aromatic rings. The van der Waals surface area contributed by atoms with Gasteiger partial charge in [0.15, 0.2) is 0 Å². The highest BCUT2D eigenvalue weighted by Crippen LogP contribution is 2.32. The van der Waals surface area contributed by atoms with Crippen LogP contribution in [0.5, 0.6) is 0 Å². The number of aromatic nitrogens is 2. The standard InChI is InChI=1S/C21H20Cl2N4/c1-26-10-12-27(13-11-26)19-14-24-20(15-2-6-17(22)7-3-15)21(25-19)16-4-8-18(23)9-5-16/h2-9,14H,10-13H2,1H3. The van der Waals surface area contributed by atoms with Gasteiger partial charge in [0.1, 0.15) is 5.82 Å². The van der Waals surface area contributed by atoms with Gasteiger partial charge in [-0.25, -0.2) is 4.98 Å². The summed E-state index contributed by atoms with van der Waals surface area (Å²) in [6.45, 7) is 3.95. The first-order chi connectivity index (χ1) is 13.1. The smallest absolute Gasteiger partial charge is 0.147 e. The van der Waals surface area contributed by atoms with Gasteiger partial charge in [-0.1, -0.05) is 47.5 Å². The van der Waals surface area contributed by atoms with Crippen LogP contribution in [-0.2, 0) is 0 Å². The summed E-state index contributed by atoms with van der Waals surface area (Å²) in [6, 6.07) is 15.4. The highest BCUT2D eigenvalue weighted by atomic mass is 35.5. The molecule has 4 rings (SSSR count). The molecule has 1 aliphatic rings. The van der Waals surface area contributed by atoms with E-state index in [1.165, 1.54) is 0 Å². The van der Waals surface area contributed by atoms with Crippen molar-refractivity contribution in [3.8, 4) is 22.5 Å². The summed E-state index contributed by atoms with van der Waals surface area (Å²) in [5.74, 6) is 0.908. The Hall–Kier alpha value is -2.14. The molecule has 27 heavy (non-hydrogen) atoms. The number of likely N-dealkylation sites (N-methyl/N-ethyl adjacent to an activating group) is 1. The van der Waals surface area contributed by atoms with Crippen molar-refractivity contribution in [2.75, 3.05) is 38.1 Å². The Morgan fingerprint density at radius 3 is 1.81 bits per heavy atom. The molecule has 0 N–H and O–H groups in total. The van der Waals surface area contributed by atoms with Crippen LogP contribution in [-0.4, -0.2) is 48.1 Å². The average Bonchev–Trinajstić information content (AvgIpc) is 2.69. The second kappa shape index (κ2) is 7.85. The van der Waals surface area contributed by atoms with E-state index >= 15 is 0 Å². The van der Waals surface area contributed by atoms with Crippen molar-refractivity contribution in [1.82, 2.24) is 14.9 Å². The first-order valence-corrected chi connectivity index (χ1v) is 9.68. The van der Waals surface area contributed by atoms with E-state index in [0.717, 1.165) is 54.5 Å². The quantitative estimate of drug-likeness (QED) is 0.629. The molecule has 2 aromatic carbocycles. The van der Waals surface area contributed by atoms with Crippen LogP contribution in [0.3, 0.4) is 0 Å². The third-order valence-corrected chi connectivity index (χ3v) is 5.33. The molecule has 2 heterocycles. The minimum Gasteiger partial charge on any atom is -0.353 e. The molecule has 0 unspecified atom stereocenters. The lowest BCUT2D eigenvalue weighted by Crippen LogP contribution is -2.44. The largest absolute Gasteiger partial charge is 0.353 e. The predicted molar refractivity (Wildman–Crippen MR) is 113 cm³/mol. The molecule has 0 aliphatic carbocycles. The maximum atomic E-state index is 6.08. The van der Waals surface area contributed by atoms with Crippen molar-refractivity contribution < 1.29 is 0 Å². The molecule has 0 amide bonds. The normalized spacial score (nSPS) is 15.1. The van der Waals surface area contributed by atoms with E-state index in [9.17, 15) is 0 Å². The second-order valence-corrected chi connectivity index (χ2v) is 7.60. The average molecular weight is 399 g/mol. The second-order valence-electron chi connectivity index (χ2n) is 6.73. The van der Waals surface area contributed by atoms with Crippen molar-refractivity contribution in [1.29, 1.82) is 0 Å². The zero-order chi connectivity index (χ0) is 18.8. The highest BCUT2D eigenvalue weighted by molar-refractivity contribution is 6.31. The van der Waals surface area contributed by atoms with Gasteiger partial charge in [0.05, 0.1) is 17.6 Å². The number of hydrogen-bond donors (Lipinski definition) is 0. The summed E-state index contributed by atoms with van der Waals surface area (Å²) < 4.78 is 0. The Balaban J connectivity index is 1.78. The fraction of sp³-hybridized carbons (Fsp3) is 0.238. The third kappa shape index (κ3) is 4.08. The first kappa shape index (κ1) is 18.2. The Bertz CT molecular complexity index is 918. The topological polar surface area (TPSA) is 32.3 Å². The van der Waals surface area contributed by atoms with Gasteiger partial charge in [-0.2, -0.15) is 0 Å². The van der Waals surface area contributed by atoms with Crippen molar-refractivity contribution in [3.05, 3.63) is 64.8 Å². The summed E-state index contributed by atoms with van der Waals surface area (Å²) in [5, 5.41) is 1.41. The number of anilines is 1. The van der Waals surface area contributed by atoms with Crippen LogP contribution < -0.4 is 4.90 Å². The molecule has 0 spiro atoms. The molecule has 0 atom stereocenters. The van der Waals surface area contributed by atoms with E-state index in [2.05, 4.69) is 16.8 Å². The van der Waals surface area contributed by atoms with Gasteiger partial charge in [-0.15, -0.1) is 0 Å². The molecule has 0 bridgehead atoms. The van der Waals surface area contributed by atoms with Gasteiger partial charge < -0.3 is 9.80 Å². The Morgan fingerprint density at radius 1 is 0.741 bits per heavy atom. The summed E-state index contributed by atoms with van der Waals surface area (Å²) in [5.41, 5.74) is 3.67. The summed E-state index contributed by atoms with van der Waals surface area (Å²) in [7, 11) is 2.14. The lowest BCUT2D eigenvalue weighted by atomic mass is 10.0. The van der Waals surface area contributed by atoms with E-state index in [1.807, 2.05) is 54.7 Å². The van der Waals surface area contributed by atoms with Gasteiger partial charge in [-0.05, 0) is 31.3 Å². The van der Waals surface area contributed by atoms with Crippen LogP contribution in [0.2, 0.25) is 10.0 Å². The molecule has 0 saturated carbocycles. The molecule has 1 aromatic heterocycles. The zero-order valence-corrected chi connectivity index (χ0v) is 16.6. The molecule has 1 saturated heterocycles. The number of halogens is 2. The molecule has 6 heteroatoms. The Kier molecular flexibility index (Phi) is 5.30. The Labute approximate surface area is 169 Å². The number of benzene rings is 2. The fourth-order valence-electron chi connectivity index (χ4n) is 3.20. The zero-order valence-electron chi connectivity index (χ0n) is 15.1. The van der Waals surface area contributed by atoms with Gasteiger partial charge >= 0.3 is 0 Å². The minimum atomic E-state index is 0.703. The van der Waals surface area contributed by atoms with Crippen LogP contribution in [0.4, 0.5) is 5.82 Å². The number of nitrogens with zero attached hydrogens (tertiary/aromatic N) is 4. The van der Waals surface area contributed by atoms with Crippen molar-refractivity contribution in [2.24, 2.45) is 0 Å². The summed E-state index contributed by atoms with van der Waals surface area (Å²) in [6.07, 6.45) is 1.87. The molecular formula is C21H20Cl2N4. The molecule has 0 radical (unpaired) electrons. The van der Waals surface area contributed by atoms with E-state index in [-0.39, 0.29) is 0 Å². The molecule has 138 valence electrons. The molecule has 4 nitrogen and oxygen atoms in total. The lowest BCUT2D eigenvalue weighted by Gasteiger charge is -2.33.